The van der Waals surface area contributed by atoms with Crippen LogP contribution >= 0.6 is 0 Å². The van der Waals surface area contributed by atoms with Crippen LogP contribution in [0.25, 0.3) is 6.08 Å². The van der Waals surface area contributed by atoms with E-state index >= 15 is 0 Å². The highest BCUT2D eigenvalue weighted by Gasteiger charge is 1.93. The van der Waals surface area contributed by atoms with E-state index in [0.29, 0.717) is 5.56 Å². The highest BCUT2D eigenvalue weighted by Crippen LogP contribution is 2.07. The summed E-state index contributed by atoms with van der Waals surface area (Å²) in [4.78, 5) is 9.63. The molecule has 0 bridgehead atoms. The summed E-state index contributed by atoms with van der Waals surface area (Å²) in [7, 11) is 0. The lowest BCUT2D eigenvalue weighted by Crippen LogP contribution is -1.86. The van der Waals surface area contributed by atoms with Crippen LogP contribution in [0, 0.1) is 5.82 Å². The van der Waals surface area contributed by atoms with Crippen LogP contribution in [0.3, 0.4) is 0 Å². The van der Waals surface area contributed by atoms with Gasteiger partial charge in [-0.05, 0) is 12.1 Å². The molecule has 1 rings (SSSR count). The van der Waals surface area contributed by atoms with Gasteiger partial charge in [0.15, 0.2) is 0 Å². The molecule has 0 N–H and O–H groups in total. The Labute approximate surface area is 75.6 Å². The van der Waals surface area contributed by atoms with Gasteiger partial charge in [0, 0.05) is 5.56 Å². The summed E-state index contributed by atoms with van der Waals surface area (Å²) >= 11 is 0. The van der Waals surface area contributed by atoms with Crippen LogP contribution in [0.15, 0.2) is 30.3 Å². The molecule has 0 saturated carbocycles. The summed E-state index contributed by atoms with van der Waals surface area (Å²) in [5, 5.41) is 0. The monoisotopic (exact) mass is 179 g/mol. The fraction of sp³-hybridized carbons (Fsp3) is 0.100. The Balaban J connectivity index is 2.58. The summed E-state index contributed by atoms with van der Waals surface area (Å²) in [6, 6.07) is 6.35. The molecule has 0 heterocycles. The third-order valence-electron chi connectivity index (χ3n) is 1.44. The molecule has 0 fully saturated rings. The maximum atomic E-state index is 12.9. The van der Waals surface area contributed by atoms with Gasteiger partial charge < -0.3 is 4.74 Å². The Bertz CT molecular complexity index is 308. The van der Waals surface area contributed by atoms with Gasteiger partial charge >= 0.3 is 6.47 Å². The molecule has 0 saturated heterocycles. The first-order valence-electron chi connectivity index (χ1n) is 3.74. The molecule has 1 aromatic rings. The number of hydrogen-bond acceptors (Lipinski definition) is 2. The summed E-state index contributed by atoms with van der Waals surface area (Å²) in [6.45, 7) is 1.38. The van der Waals surface area contributed by atoms with Crippen LogP contribution in [0.5, 0.6) is 0 Å². The molecule has 2 nitrogen and oxygen atoms in total. The molecule has 0 amide bonds. The van der Waals surface area contributed by atoms with E-state index in [0.717, 1.165) is 0 Å². The number of ether oxygens (including phenoxy) is 1. The van der Waals surface area contributed by atoms with Gasteiger partial charge in [-0.1, -0.05) is 24.3 Å². The Hall–Kier alpha value is -1.64. The summed E-state index contributed by atoms with van der Waals surface area (Å²) in [5.41, 5.74) is 0.469. The van der Waals surface area contributed by atoms with E-state index in [1.807, 2.05) is 0 Å². The van der Waals surface area contributed by atoms with E-state index in [1.165, 1.54) is 12.5 Å². The van der Waals surface area contributed by atoms with Crippen molar-refractivity contribution >= 4 is 12.5 Å². The van der Waals surface area contributed by atoms with Crippen molar-refractivity contribution in [3.63, 3.8) is 0 Å². The zero-order valence-electron chi connectivity index (χ0n) is 6.87. The number of carbonyl (C=O) groups excluding carboxylic acids is 1. The zero-order valence-corrected chi connectivity index (χ0v) is 6.87. The van der Waals surface area contributed by atoms with Gasteiger partial charge in [-0.15, -0.1) is 0 Å². The first-order valence-corrected chi connectivity index (χ1v) is 3.74. The minimum absolute atomic E-state index is 0.109. The highest BCUT2D eigenvalue weighted by molar-refractivity contribution is 5.50. The van der Waals surface area contributed by atoms with Gasteiger partial charge in [0.05, 0.1) is 0 Å². The van der Waals surface area contributed by atoms with Crippen LogP contribution in [0.1, 0.15) is 5.56 Å². The van der Waals surface area contributed by atoms with Gasteiger partial charge in [-0.2, -0.15) is 0 Å². The van der Waals surface area contributed by atoms with Crippen molar-refractivity contribution < 1.29 is 13.9 Å². The minimum Gasteiger partial charge on any atom is -0.453 e. The van der Waals surface area contributed by atoms with E-state index in [9.17, 15) is 9.18 Å². The second-order valence-electron chi connectivity index (χ2n) is 2.32. The largest absolute Gasteiger partial charge is 0.453 e. The van der Waals surface area contributed by atoms with Gasteiger partial charge in [0.25, 0.3) is 0 Å². The second kappa shape index (κ2) is 5.09. The van der Waals surface area contributed by atoms with E-state index in [-0.39, 0.29) is 12.4 Å². The van der Waals surface area contributed by atoms with Crippen LogP contribution in [0.4, 0.5) is 4.39 Å². The molecule has 0 aromatic heterocycles. The lowest BCUT2D eigenvalue weighted by Gasteiger charge is -1.94. The molecule has 0 atom stereocenters. The number of rotatable bonds is 4. The number of benzene rings is 1. The first-order chi connectivity index (χ1) is 6.34. The van der Waals surface area contributed by atoms with Crippen molar-refractivity contribution in [3.8, 4) is 0 Å². The Kier molecular flexibility index (Phi) is 3.70. The van der Waals surface area contributed by atoms with E-state index in [2.05, 4.69) is 4.74 Å². The standard InChI is InChI=1S/C10H8FO2/c11-10-6-2-1-4-9(10)5-3-7-13-8-12/h1-6H,7H2/b5-3+. The minimum atomic E-state index is -0.297. The molecule has 67 valence electrons. The Morgan fingerprint density at radius 2 is 2.23 bits per heavy atom. The Morgan fingerprint density at radius 3 is 2.92 bits per heavy atom. The van der Waals surface area contributed by atoms with Crippen LogP contribution in [0.2, 0.25) is 0 Å². The Morgan fingerprint density at radius 1 is 1.46 bits per heavy atom. The molecule has 0 aliphatic heterocycles. The molecule has 0 unspecified atom stereocenters. The van der Waals surface area contributed by atoms with E-state index in [1.54, 1.807) is 30.4 Å². The van der Waals surface area contributed by atoms with Gasteiger partial charge in [-0.3, -0.25) is 0 Å². The molecule has 13 heavy (non-hydrogen) atoms. The molecule has 1 radical (unpaired) electrons. The van der Waals surface area contributed by atoms with Crippen molar-refractivity contribution in [1.82, 2.24) is 0 Å². The SMILES string of the molecule is O=[C]OC/C=C/c1ccccc1F. The van der Waals surface area contributed by atoms with E-state index in [4.69, 9.17) is 0 Å². The van der Waals surface area contributed by atoms with Crippen molar-refractivity contribution in [2.75, 3.05) is 6.61 Å². The first kappa shape index (κ1) is 9.45. The maximum absolute atomic E-state index is 12.9. The molecular formula is C10H8FO2. The molecule has 0 aliphatic carbocycles. The predicted molar refractivity (Wildman–Crippen MR) is 47.1 cm³/mol. The van der Waals surface area contributed by atoms with Crippen LogP contribution in [-0.2, 0) is 9.53 Å². The topological polar surface area (TPSA) is 26.3 Å². The molecule has 0 spiro atoms. The van der Waals surface area contributed by atoms with Crippen molar-refractivity contribution in [2.24, 2.45) is 0 Å². The zero-order chi connectivity index (χ0) is 9.52. The van der Waals surface area contributed by atoms with Gasteiger partial charge in [-0.25, -0.2) is 9.18 Å². The lowest BCUT2D eigenvalue weighted by molar-refractivity contribution is 0.314. The average molecular weight is 179 g/mol. The quantitative estimate of drug-likeness (QED) is 0.660. The third-order valence-corrected chi connectivity index (χ3v) is 1.44. The van der Waals surface area contributed by atoms with E-state index < -0.39 is 0 Å². The fourth-order valence-electron chi connectivity index (χ4n) is 0.867. The maximum Gasteiger partial charge on any atom is 0.417 e. The van der Waals surface area contributed by atoms with Crippen molar-refractivity contribution in [2.45, 2.75) is 0 Å². The van der Waals surface area contributed by atoms with Crippen molar-refractivity contribution in [3.05, 3.63) is 41.7 Å². The van der Waals surface area contributed by atoms with Crippen LogP contribution < -0.4 is 0 Å². The fourth-order valence-corrected chi connectivity index (χ4v) is 0.867. The summed E-state index contributed by atoms with van der Waals surface area (Å²) in [5.74, 6) is -0.297. The second-order valence-corrected chi connectivity index (χ2v) is 2.32. The highest BCUT2D eigenvalue weighted by atomic mass is 19.1. The summed E-state index contributed by atoms with van der Waals surface area (Å²) < 4.78 is 17.2. The van der Waals surface area contributed by atoms with Crippen molar-refractivity contribution in [1.29, 1.82) is 0 Å². The molecule has 0 aliphatic rings. The summed E-state index contributed by atoms with van der Waals surface area (Å²) in [6.07, 6.45) is 3.09. The van der Waals surface area contributed by atoms with Gasteiger partial charge in [0.1, 0.15) is 12.4 Å². The van der Waals surface area contributed by atoms with Gasteiger partial charge in [0.2, 0.25) is 0 Å². The molecular weight excluding hydrogens is 171 g/mol. The average Bonchev–Trinajstić information content (AvgIpc) is 2.15. The predicted octanol–water partition coefficient (Wildman–Crippen LogP) is 1.92. The smallest absolute Gasteiger partial charge is 0.417 e. The number of halogens is 1. The lowest BCUT2D eigenvalue weighted by atomic mass is 10.2. The normalized spacial score (nSPS) is 10.2. The number of hydrogen-bond donors (Lipinski definition) is 0. The third kappa shape index (κ3) is 3.07. The van der Waals surface area contributed by atoms with Crippen LogP contribution in [-0.4, -0.2) is 13.1 Å². The molecule has 1 aromatic carbocycles. The molecule has 3 heteroatoms.